The summed E-state index contributed by atoms with van der Waals surface area (Å²) in [5.41, 5.74) is 0. The van der Waals surface area contributed by atoms with Gasteiger partial charge in [-0.05, 0) is 57.5 Å². The summed E-state index contributed by atoms with van der Waals surface area (Å²) in [4.78, 5) is 11.9. The van der Waals surface area contributed by atoms with Crippen LogP contribution >= 0.6 is 0 Å². The molecule has 0 aromatic carbocycles. The van der Waals surface area contributed by atoms with Crippen LogP contribution < -0.4 is 10.6 Å². The van der Waals surface area contributed by atoms with Gasteiger partial charge in [0.15, 0.2) is 0 Å². The molecule has 0 radical (unpaired) electrons. The standard InChI is InChI=1S/C16H30N2O2/c1-2-3-13-4-6-14(7-5-13)18-16(19)12-20-15-8-10-17-11-9-15/h13-15,17H,2-12H2,1H3,(H,18,19). The van der Waals surface area contributed by atoms with Gasteiger partial charge in [0, 0.05) is 6.04 Å². The first-order chi connectivity index (χ1) is 9.78. The largest absolute Gasteiger partial charge is 0.368 e. The Bertz CT molecular complexity index is 282. The van der Waals surface area contributed by atoms with Crippen molar-refractivity contribution < 1.29 is 9.53 Å². The highest BCUT2D eigenvalue weighted by Gasteiger charge is 2.22. The first-order valence-corrected chi connectivity index (χ1v) is 8.39. The fourth-order valence-electron chi connectivity index (χ4n) is 3.43. The number of hydrogen-bond acceptors (Lipinski definition) is 3. The summed E-state index contributed by atoms with van der Waals surface area (Å²) in [6.45, 7) is 4.51. The molecule has 2 aliphatic rings. The fraction of sp³-hybridized carbons (Fsp3) is 0.938. The molecule has 1 saturated heterocycles. The summed E-state index contributed by atoms with van der Waals surface area (Å²) in [7, 11) is 0. The van der Waals surface area contributed by atoms with E-state index >= 15 is 0 Å². The van der Waals surface area contributed by atoms with E-state index in [-0.39, 0.29) is 18.6 Å². The highest BCUT2D eigenvalue weighted by molar-refractivity contribution is 5.77. The maximum absolute atomic E-state index is 11.9. The molecule has 0 bridgehead atoms. The zero-order valence-corrected chi connectivity index (χ0v) is 12.8. The first kappa shape index (κ1) is 15.8. The summed E-state index contributed by atoms with van der Waals surface area (Å²) in [6.07, 6.45) is 9.77. The number of amides is 1. The molecule has 4 nitrogen and oxygen atoms in total. The van der Waals surface area contributed by atoms with Crippen molar-refractivity contribution in [1.82, 2.24) is 10.6 Å². The number of carbonyl (C=O) groups excluding carboxylic acids is 1. The van der Waals surface area contributed by atoms with Gasteiger partial charge in [-0.25, -0.2) is 0 Å². The van der Waals surface area contributed by atoms with Gasteiger partial charge in [0.05, 0.1) is 6.10 Å². The van der Waals surface area contributed by atoms with Gasteiger partial charge in [-0.2, -0.15) is 0 Å². The lowest BCUT2D eigenvalue weighted by atomic mass is 9.83. The van der Waals surface area contributed by atoms with Crippen LogP contribution in [-0.2, 0) is 9.53 Å². The van der Waals surface area contributed by atoms with E-state index in [0.717, 1.165) is 44.7 Å². The van der Waals surface area contributed by atoms with Crippen molar-refractivity contribution in [3.8, 4) is 0 Å². The maximum Gasteiger partial charge on any atom is 0.246 e. The zero-order valence-electron chi connectivity index (χ0n) is 12.8. The summed E-state index contributed by atoms with van der Waals surface area (Å²) in [5, 5.41) is 6.44. The number of carbonyl (C=O) groups is 1. The second-order valence-electron chi connectivity index (χ2n) is 6.33. The van der Waals surface area contributed by atoms with Crippen LogP contribution in [-0.4, -0.2) is 37.7 Å². The van der Waals surface area contributed by atoms with Crippen LogP contribution in [0.2, 0.25) is 0 Å². The van der Waals surface area contributed by atoms with Crippen molar-refractivity contribution in [3.05, 3.63) is 0 Å². The van der Waals surface area contributed by atoms with Crippen molar-refractivity contribution in [2.75, 3.05) is 19.7 Å². The van der Waals surface area contributed by atoms with E-state index < -0.39 is 0 Å². The van der Waals surface area contributed by atoms with Crippen molar-refractivity contribution in [1.29, 1.82) is 0 Å². The predicted octanol–water partition coefficient (Wildman–Crippen LogP) is 2.23. The minimum absolute atomic E-state index is 0.0717. The fourth-order valence-corrected chi connectivity index (χ4v) is 3.43. The highest BCUT2D eigenvalue weighted by atomic mass is 16.5. The second-order valence-corrected chi connectivity index (χ2v) is 6.33. The van der Waals surface area contributed by atoms with Crippen LogP contribution in [0.5, 0.6) is 0 Å². The lowest BCUT2D eigenvalue weighted by Gasteiger charge is -2.29. The molecule has 0 aromatic heterocycles. The second kappa shape index (κ2) is 8.63. The van der Waals surface area contributed by atoms with Crippen molar-refractivity contribution in [2.24, 2.45) is 5.92 Å². The van der Waals surface area contributed by atoms with Crippen LogP contribution in [0.25, 0.3) is 0 Å². The molecule has 1 amide bonds. The molecule has 2 N–H and O–H groups in total. The van der Waals surface area contributed by atoms with E-state index in [4.69, 9.17) is 4.74 Å². The van der Waals surface area contributed by atoms with Crippen LogP contribution in [0.1, 0.15) is 58.3 Å². The third-order valence-electron chi connectivity index (χ3n) is 4.65. The molecule has 2 fully saturated rings. The monoisotopic (exact) mass is 282 g/mol. The minimum Gasteiger partial charge on any atom is -0.368 e. The molecule has 1 heterocycles. The van der Waals surface area contributed by atoms with Gasteiger partial charge in [0.2, 0.25) is 5.91 Å². The van der Waals surface area contributed by atoms with E-state index in [0.29, 0.717) is 6.04 Å². The Balaban J connectivity index is 1.57. The Labute approximate surface area is 123 Å². The molecule has 1 aliphatic heterocycles. The van der Waals surface area contributed by atoms with E-state index in [9.17, 15) is 4.79 Å². The van der Waals surface area contributed by atoms with Crippen molar-refractivity contribution in [2.45, 2.75) is 70.4 Å². The van der Waals surface area contributed by atoms with Crippen LogP contribution in [0, 0.1) is 5.92 Å². The average molecular weight is 282 g/mol. The van der Waals surface area contributed by atoms with Gasteiger partial charge in [-0.3, -0.25) is 4.79 Å². The number of piperidine rings is 1. The van der Waals surface area contributed by atoms with Gasteiger partial charge < -0.3 is 15.4 Å². The molecule has 0 spiro atoms. The van der Waals surface area contributed by atoms with E-state index in [1.54, 1.807) is 0 Å². The Morgan fingerprint density at radius 2 is 1.85 bits per heavy atom. The normalized spacial score (nSPS) is 28.2. The number of rotatable bonds is 6. The third kappa shape index (κ3) is 5.41. The summed E-state index contributed by atoms with van der Waals surface area (Å²) in [6, 6.07) is 0.382. The SMILES string of the molecule is CCCC1CCC(NC(=O)COC2CCNCC2)CC1. The first-order valence-electron chi connectivity index (χ1n) is 8.39. The quantitative estimate of drug-likeness (QED) is 0.785. The summed E-state index contributed by atoms with van der Waals surface area (Å²) in [5.74, 6) is 0.960. The van der Waals surface area contributed by atoms with Gasteiger partial charge in [-0.1, -0.05) is 19.8 Å². The Kier molecular flexibility index (Phi) is 6.80. The zero-order chi connectivity index (χ0) is 14.2. The molecule has 0 unspecified atom stereocenters. The van der Waals surface area contributed by atoms with E-state index in [1.165, 1.54) is 25.7 Å². The lowest BCUT2D eigenvalue weighted by molar-refractivity contribution is -0.129. The molecule has 0 atom stereocenters. The predicted molar refractivity (Wildman–Crippen MR) is 80.6 cm³/mol. The Morgan fingerprint density at radius 1 is 1.15 bits per heavy atom. The molecular formula is C16H30N2O2. The highest BCUT2D eigenvalue weighted by Crippen LogP contribution is 2.27. The summed E-state index contributed by atoms with van der Waals surface area (Å²) >= 11 is 0. The molecule has 1 aliphatic carbocycles. The Hall–Kier alpha value is -0.610. The van der Waals surface area contributed by atoms with Gasteiger partial charge in [0.1, 0.15) is 6.61 Å². The smallest absolute Gasteiger partial charge is 0.246 e. The van der Waals surface area contributed by atoms with Gasteiger partial charge in [0.25, 0.3) is 0 Å². The molecule has 4 heteroatoms. The number of hydrogen-bond donors (Lipinski definition) is 2. The molecule has 2 rings (SSSR count). The molecule has 116 valence electrons. The van der Waals surface area contributed by atoms with Crippen LogP contribution in [0.15, 0.2) is 0 Å². The average Bonchev–Trinajstić information content (AvgIpc) is 2.49. The summed E-state index contributed by atoms with van der Waals surface area (Å²) < 4.78 is 5.69. The van der Waals surface area contributed by atoms with Crippen LogP contribution in [0.3, 0.4) is 0 Å². The maximum atomic E-state index is 11.9. The topological polar surface area (TPSA) is 50.4 Å². The Morgan fingerprint density at radius 3 is 2.50 bits per heavy atom. The molecule has 0 aromatic rings. The van der Waals surface area contributed by atoms with Gasteiger partial charge in [-0.15, -0.1) is 0 Å². The van der Waals surface area contributed by atoms with E-state index in [2.05, 4.69) is 17.6 Å². The minimum atomic E-state index is 0.0717. The molecular weight excluding hydrogens is 252 g/mol. The van der Waals surface area contributed by atoms with Crippen LogP contribution in [0.4, 0.5) is 0 Å². The van der Waals surface area contributed by atoms with E-state index in [1.807, 2.05) is 0 Å². The number of ether oxygens (including phenoxy) is 1. The molecule has 1 saturated carbocycles. The van der Waals surface area contributed by atoms with Gasteiger partial charge >= 0.3 is 0 Å². The number of nitrogens with one attached hydrogen (secondary N) is 2. The van der Waals surface area contributed by atoms with Crippen molar-refractivity contribution in [3.63, 3.8) is 0 Å². The molecule has 20 heavy (non-hydrogen) atoms. The van der Waals surface area contributed by atoms with Crippen molar-refractivity contribution >= 4 is 5.91 Å². The third-order valence-corrected chi connectivity index (χ3v) is 4.65. The lowest BCUT2D eigenvalue weighted by Crippen LogP contribution is -2.41.